The molecule has 1 heterocycles. The van der Waals surface area contributed by atoms with E-state index in [0.717, 1.165) is 11.1 Å². The summed E-state index contributed by atoms with van der Waals surface area (Å²) in [6.45, 7) is 4.18. The smallest absolute Gasteiger partial charge is 0.269 e. The average Bonchev–Trinajstić information content (AvgIpc) is 3.17. The van der Waals surface area contributed by atoms with Gasteiger partial charge >= 0.3 is 0 Å². The molecule has 182 valence electrons. The molecule has 1 aliphatic rings. The van der Waals surface area contributed by atoms with Gasteiger partial charge in [0, 0.05) is 11.4 Å². The van der Waals surface area contributed by atoms with Gasteiger partial charge in [-0.15, -0.1) is 0 Å². The monoisotopic (exact) mass is 535 g/mol. The molecule has 36 heavy (non-hydrogen) atoms. The van der Waals surface area contributed by atoms with Crippen LogP contribution in [0.1, 0.15) is 30.9 Å². The van der Waals surface area contributed by atoms with Crippen molar-refractivity contribution in [1.82, 2.24) is 0 Å². The van der Waals surface area contributed by atoms with Crippen LogP contribution in [0.25, 0.3) is 0 Å². The highest BCUT2D eigenvalue weighted by Crippen LogP contribution is 2.42. The van der Waals surface area contributed by atoms with Crippen LogP contribution in [0.15, 0.2) is 83.4 Å². The number of hydrogen-bond donors (Lipinski definition) is 1. The van der Waals surface area contributed by atoms with Crippen LogP contribution >= 0.6 is 35.0 Å². The number of anilines is 2. The van der Waals surface area contributed by atoms with Crippen LogP contribution in [0.5, 0.6) is 0 Å². The van der Waals surface area contributed by atoms with Gasteiger partial charge in [-0.05, 0) is 59.9 Å². The van der Waals surface area contributed by atoms with Crippen molar-refractivity contribution in [1.29, 1.82) is 5.26 Å². The molecule has 0 saturated carbocycles. The summed E-state index contributed by atoms with van der Waals surface area (Å²) < 4.78 is 0. The minimum absolute atomic E-state index is 0.123. The first-order valence-corrected chi connectivity index (χ1v) is 13.0. The Kier molecular flexibility index (Phi) is 8.05. The van der Waals surface area contributed by atoms with E-state index in [2.05, 4.69) is 19.2 Å². The van der Waals surface area contributed by atoms with Crippen molar-refractivity contribution in [2.75, 3.05) is 10.2 Å². The lowest BCUT2D eigenvalue weighted by Gasteiger charge is -2.19. The number of benzene rings is 3. The van der Waals surface area contributed by atoms with E-state index < -0.39 is 11.2 Å². The molecule has 1 aliphatic heterocycles. The molecular formula is C28H23Cl2N3O2S. The number of halogens is 2. The number of nitrogens with one attached hydrogen (secondary N) is 1. The fraction of sp³-hybridized carbons (Fsp3) is 0.179. The predicted molar refractivity (Wildman–Crippen MR) is 147 cm³/mol. The first kappa shape index (κ1) is 25.8. The Labute approximate surface area is 224 Å². The lowest BCUT2D eigenvalue weighted by atomic mass is 10.0. The van der Waals surface area contributed by atoms with Crippen molar-refractivity contribution in [3.63, 3.8) is 0 Å². The molecular weight excluding hydrogens is 513 g/mol. The Balaban J connectivity index is 1.73. The molecule has 1 atom stereocenters. The number of para-hydroxylation sites is 1. The molecule has 0 spiro atoms. The third-order valence-corrected chi connectivity index (χ3v) is 7.76. The molecule has 1 unspecified atom stereocenters. The zero-order valence-electron chi connectivity index (χ0n) is 19.7. The summed E-state index contributed by atoms with van der Waals surface area (Å²) in [4.78, 5) is 28.3. The SMILES string of the molecule is CC(C)c1ccc(N2C(=O)C(Cc3ccc(Cl)c(Cl)c3)S/C2=C(/C#N)C(=O)Nc2ccccc2)cc1. The zero-order chi connectivity index (χ0) is 25.8. The first-order chi connectivity index (χ1) is 17.3. The van der Waals surface area contributed by atoms with E-state index in [9.17, 15) is 14.9 Å². The van der Waals surface area contributed by atoms with Gasteiger partial charge in [0.15, 0.2) is 0 Å². The number of nitrogens with zero attached hydrogens (tertiary/aromatic N) is 2. The summed E-state index contributed by atoms with van der Waals surface area (Å²) in [5, 5.41) is 13.3. The highest BCUT2D eigenvalue weighted by molar-refractivity contribution is 8.05. The molecule has 1 fully saturated rings. The van der Waals surface area contributed by atoms with Crippen LogP contribution in [0, 0.1) is 11.3 Å². The molecule has 3 aromatic rings. The number of carbonyl (C=O) groups excluding carboxylic acids is 2. The van der Waals surface area contributed by atoms with E-state index in [4.69, 9.17) is 23.2 Å². The van der Waals surface area contributed by atoms with E-state index in [1.165, 1.54) is 16.7 Å². The maximum Gasteiger partial charge on any atom is 0.269 e. The van der Waals surface area contributed by atoms with Gasteiger partial charge < -0.3 is 5.32 Å². The number of rotatable bonds is 6. The normalized spacial score (nSPS) is 16.7. The van der Waals surface area contributed by atoms with Crippen molar-refractivity contribution in [3.8, 4) is 6.07 Å². The maximum atomic E-state index is 13.7. The molecule has 8 heteroatoms. The average molecular weight is 536 g/mol. The molecule has 0 aromatic heterocycles. The second-order valence-electron chi connectivity index (χ2n) is 8.59. The van der Waals surface area contributed by atoms with Gasteiger partial charge in [-0.3, -0.25) is 14.5 Å². The Bertz CT molecular complexity index is 1370. The van der Waals surface area contributed by atoms with Crippen LogP contribution in [-0.4, -0.2) is 17.1 Å². The second-order valence-corrected chi connectivity index (χ2v) is 10.6. The van der Waals surface area contributed by atoms with E-state index in [-0.39, 0.29) is 11.5 Å². The van der Waals surface area contributed by atoms with Crippen LogP contribution in [-0.2, 0) is 16.0 Å². The molecule has 0 bridgehead atoms. The highest BCUT2D eigenvalue weighted by atomic mass is 35.5. The summed E-state index contributed by atoms with van der Waals surface area (Å²) >= 11 is 13.4. The van der Waals surface area contributed by atoms with Gasteiger partial charge in [-0.1, -0.05) is 85.2 Å². The fourth-order valence-electron chi connectivity index (χ4n) is 3.83. The summed E-state index contributed by atoms with van der Waals surface area (Å²) in [5.74, 6) is -0.456. The Morgan fingerprint density at radius 2 is 1.75 bits per heavy atom. The van der Waals surface area contributed by atoms with E-state index in [1.807, 2.05) is 42.5 Å². The lowest BCUT2D eigenvalue weighted by Crippen LogP contribution is -2.31. The van der Waals surface area contributed by atoms with E-state index in [1.54, 1.807) is 36.4 Å². The summed E-state index contributed by atoms with van der Waals surface area (Å²) in [6, 6.07) is 23.8. The van der Waals surface area contributed by atoms with Gasteiger partial charge in [-0.25, -0.2) is 0 Å². The lowest BCUT2D eigenvalue weighted by molar-refractivity contribution is -0.117. The third kappa shape index (κ3) is 5.60. The summed E-state index contributed by atoms with van der Waals surface area (Å²) in [6.07, 6.45) is 0.365. The molecule has 1 saturated heterocycles. The van der Waals surface area contributed by atoms with Gasteiger partial charge in [-0.2, -0.15) is 5.26 Å². The number of thioether (sulfide) groups is 1. The largest absolute Gasteiger partial charge is 0.321 e. The van der Waals surface area contributed by atoms with Crippen LogP contribution in [0.2, 0.25) is 10.0 Å². The molecule has 2 amide bonds. The Hall–Kier alpha value is -3.24. The Morgan fingerprint density at radius 3 is 2.36 bits per heavy atom. The summed E-state index contributed by atoms with van der Waals surface area (Å²) in [5.41, 5.74) is 2.99. The Morgan fingerprint density at radius 1 is 1.06 bits per heavy atom. The molecule has 3 aromatic carbocycles. The van der Waals surface area contributed by atoms with Gasteiger partial charge in [0.2, 0.25) is 5.91 Å². The second kappa shape index (κ2) is 11.2. The van der Waals surface area contributed by atoms with Crippen molar-refractivity contribution in [2.45, 2.75) is 31.4 Å². The number of hydrogen-bond acceptors (Lipinski definition) is 4. The predicted octanol–water partition coefficient (Wildman–Crippen LogP) is 7.18. The molecule has 0 aliphatic carbocycles. The fourth-order valence-corrected chi connectivity index (χ4v) is 5.46. The van der Waals surface area contributed by atoms with Crippen molar-refractivity contribution in [2.24, 2.45) is 0 Å². The van der Waals surface area contributed by atoms with Crippen LogP contribution in [0.4, 0.5) is 11.4 Å². The van der Waals surface area contributed by atoms with E-state index in [0.29, 0.717) is 38.8 Å². The molecule has 4 rings (SSSR count). The molecule has 0 radical (unpaired) electrons. The minimum atomic E-state index is -0.571. The van der Waals surface area contributed by atoms with Crippen molar-refractivity contribution in [3.05, 3.63) is 105 Å². The van der Waals surface area contributed by atoms with Crippen LogP contribution in [0.3, 0.4) is 0 Å². The number of amides is 2. The quantitative estimate of drug-likeness (QED) is 0.268. The molecule has 1 N–H and O–H groups in total. The summed E-state index contributed by atoms with van der Waals surface area (Å²) in [7, 11) is 0. The zero-order valence-corrected chi connectivity index (χ0v) is 22.0. The standard InChI is InChI=1S/C28H23Cl2N3O2S/c1-17(2)19-9-11-21(12-10-19)33-27(35)25(15-18-8-13-23(29)24(30)14-18)36-28(33)22(16-31)26(34)32-20-6-4-3-5-7-20/h3-14,17,25H,15H2,1-2H3,(H,32,34)/b28-22-. The van der Waals surface area contributed by atoms with E-state index >= 15 is 0 Å². The van der Waals surface area contributed by atoms with Gasteiger partial charge in [0.05, 0.1) is 15.3 Å². The third-order valence-electron chi connectivity index (χ3n) is 5.76. The topological polar surface area (TPSA) is 73.2 Å². The van der Waals surface area contributed by atoms with Gasteiger partial charge in [0.1, 0.15) is 16.7 Å². The van der Waals surface area contributed by atoms with Crippen molar-refractivity contribution < 1.29 is 9.59 Å². The highest BCUT2D eigenvalue weighted by Gasteiger charge is 2.41. The molecule has 5 nitrogen and oxygen atoms in total. The van der Waals surface area contributed by atoms with Crippen LogP contribution < -0.4 is 10.2 Å². The first-order valence-electron chi connectivity index (χ1n) is 11.3. The van der Waals surface area contributed by atoms with Gasteiger partial charge in [0.25, 0.3) is 5.91 Å². The number of carbonyl (C=O) groups is 2. The minimum Gasteiger partial charge on any atom is -0.321 e. The van der Waals surface area contributed by atoms with Crippen molar-refractivity contribution >= 4 is 58.2 Å². The maximum absolute atomic E-state index is 13.7. The number of nitriles is 1.